The number of aromatic nitrogens is 1. The van der Waals surface area contributed by atoms with Crippen LogP contribution in [0.2, 0.25) is 4.34 Å². The number of hydrogen-bond donors (Lipinski definition) is 0. The van der Waals surface area contributed by atoms with Gasteiger partial charge in [-0.2, -0.15) is 0 Å². The number of rotatable bonds is 1. The van der Waals surface area contributed by atoms with Crippen LogP contribution < -0.4 is 0 Å². The van der Waals surface area contributed by atoms with Crippen molar-refractivity contribution in [2.24, 2.45) is 0 Å². The Hall–Kier alpha value is -0.860. The van der Waals surface area contributed by atoms with Crippen molar-refractivity contribution in [3.05, 3.63) is 40.4 Å². The lowest BCUT2D eigenvalue weighted by atomic mass is 10.3. The van der Waals surface area contributed by atoms with Crippen LogP contribution in [-0.2, 0) is 0 Å². The summed E-state index contributed by atoms with van der Waals surface area (Å²) < 4.78 is 0.804. The van der Waals surface area contributed by atoms with Crippen molar-refractivity contribution in [1.82, 2.24) is 4.98 Å². The van der Waals surface area contributed by atoms with E-state index in [0.717, 1.165) is 20.6 Å². The summed E-state index contributed by atoms with van der Waals surface area (Å²) in [6, 6.07) is 9.87. The highest BCUT2D eigenvalue weighted by atomic mass is 35.5. The summed E-state index contributed by atoms with van der Waals surface area (Å²) in [6.45, 7) is 1.98. The Morgan fingerprint density at radius 3 is 2.69 bits per heavy atom. The number of nitrogens with zero attached hydrogens (tertiary/aromatic N) is 1. The van der Waals surface area contributed by atoms with Gasteiger partial charge in [0, 0.05) is 5.69 Å². The van der Waals surface area contributed by atoms with Gasteiger partial charge >= 0.3 is 0 Å². The van der Waals surface area contributed by atoms with Crippen LogP contribution in [0.3, 0.4) is 0 Å². The standard InChI is InChI=1S/C10H8ClNS/c1-7-3-2-4-8(12-7)9-5-6-10(11)13-9/h2-6H,1H3. The van der Waals surface area contributed by atoms with Gasteiger partial charge in [-0.1, -0.05) is 17.7 Å². The molecule has 0 atom stereocenters. The Morgan fingerprint density at radius 2 is 2.08 bits per heavy atom. The second-order valence-corrected chi connectivity index (χ2v) is 4.48. The largest absolute Gasteiger partial charge is 0.252 e. The smallest absolute Gasteiger partial charge is 0.0935 e. The van der Waals surface area contributed by atoms with Crippen LogP contribution in [0.15, 0.2) is 30.3 Å². The highest BCUT2D eigenvalue weighted by molar-refractivity contribution is 7.19. The first-order chi connectivity index (χ1) is 6.25. The first-order valence-corrected chi connectivity index (χ1v) is 5.14. The molecule has 1 nitrogen and oxygen atoms in total. The maximum absolute atomic E-state index is 5.84. The summed E-state index contributed by atoms with van der Waals surface area (Å²) in [5, 5.41) is 0. The summed E-state index contributed by atoms with van der Waals surface area (Å²) in [7, 11) is 0. The summed E-state index contributed by atoms with van der Waals surface area (Å²) in [5.41, 5.74) is 2.03. The van der Waals surface area contributed by atoms with E-state index in [1.807, 2.05) is 37.3 Å². The van der Waals surface area contributed by atoms with Crippen LogP contribution in [0, 0.1) is 6.92 Å². The minimum Gasteiger partial charge on any atom is -0.252 e. The molecule has 0 fully saturated rings. The van der Waals surface area contributed by atoms with Crippen LogP contribution in [0.25, 0.3) is 10.6 Å². The lowest BCUT2D eigenvalue weighted by Gasteiger charge is -1.96. The first kappa shape index (κ1) is 8.73. The lowest BCUT2D eigenvalue weighted by Crippen LogP contribution is -1.82. The predicted molar refractivity (Wildman–Crippen MR) is 57.3 cm³/mol. The van der Waals surface area contributed by atoms with Gasteiger partial charge in [-0.3, -0.25) is 4.98 Å². The quantitative estimate of drug-likeness (QED) is 0.697. The minimum absolute atomic E-state index is 0.804. The predicted octanol–water partition coefficient (Wildman–Crippen LogP) is 3.77. The van der Waals surface area contributed by atoms with Crippen molar-refractivity contribution in [3.8, 4) is 10.6 Å². The molecule has 0 aromatic carbocycles. The number of hydrogen-bond acceptors (Lipinski definition) is 2. The molecule has 0 bridgehead atoms. The van der Waals surface area contributed by atoms with Crippen molar-refractivity contribution in [1.29, 1.82) is 0 Å². The van der Waals surface area contributed by atoms with E-state index >= 15 is 0 Å². The maximum atomic E-state index is 5.84. The van der Waals surface area contributed by atoms with Gasteiger partial charge in [0.25, 0.3) is 0 Å². The lowest BCUT2D eigenvalue weighted by molar-refractivity contribution is 1.21. The Balaban J connectivity index is 2.46. The second kappa shape index (κ2) is 3.48. The van der Waals surface area contributed by atoms with Gasteiger partial charge in [0.1, 0.15) is 0 Å². The fourth-order valence-corrected chi connectivity index (χ4v) is 2.15. The van der Waals surface area contributed by atoms with Gasteiger partial charge in [0.15, 0.2) is 0 Å². The van der Waals surface area contributed by atoms with E-state index in [2.05, 4.69) is 4.98 Å². The SMILES string of the molecule is Cc1cccc(-c2ccc(Cl)s2)n1. The summed E-state index contributed by atoms with van der Waals surface area (Å²) in [6.07, 6.45) is 0. The maximum Gasteiger partial charge on any atom is 0.0935 e. The molecule has 2 rings (SSSR count). The number of thiophene rings is 1. The molecule has 0 aliphatic rings. The average molecular weight is 210 g/mol. The molecule has 0 amide bonds. The van der Waals surface area contributed by atoms with Crippen LogP contribution in [0.4, 0.5) is 0 Å². The molecule has 0 spiro atoms. The number of aryl methyl sites for hydroxylation is 1. The van der Waals surface area contributed by atoms with E-state index in [0.29, 0.717) is 0 Å². The third-order valence-electron chi connectivity index (χ3n) is 1.71. The van der Waals surface area contributed by atoms with Gasteiger partial charge in [-0.05, 0) is 31.2 Å². The molecule has 0 aliphatic heterocycles. The summed E-state index contributed by atoms with van der Waals surface area (Å²) in [4.78, 5) is 5.53. The normalized spacial score (nSPS) is 10.3. The van der Waals surface area contributed by atoms with E-state index in [4.69, 9.17) is 11.6 Å². The van der Waals surface area contributed by atoms with E-state index in [1.165, 1.54) is 0 Å². The van der Waals surface area contributed by atoms with Gasteiger partial charge in [-0.15, -0.1) is 11.3 Å². The Morgan fingerprint density at radius 1 is 1.23 bits per heavy atom. The molecular weight excluding hydrogens is 202 g/mol. The molecule has 13 heavy (non-hydrogen) atoms. The zero-order valence-corrected chi connectivity index (χ0v) is 8.69. The van der Waals surface area contributed by atoms with Crippen molar-refractivity contribution in [2.45, 2.75) is 6.92 Å². The van der Waals surface area contributed by atoms with E-state index in [9.17, 15) is 0 Å². The summed E-state index contributed by atoms with van der Waals surface area (Å²) >= 11 is 7.39. The molecular formula is C10H8ClNS. The molecule has 2 aromatic rings. The van der Waals surface area contributed by atoms with Crippen LogP contribution in [0.5, 0.6) is 0 Å². The second-order valence-electron chi connectivity index (χ2n) is 2.77. The molecule has 0 unspecified atom stereocenters. The van der Waals surface area contributed by atoms with Gasteiger partial charge < -0.3 is 0 Å². The van der Waals surface area contributed by atoms with E-state index < -0.39 is 0 Å². The minimum atomic E-state index is 0.804. The molecule has 0 radical (unpaired) electrons. The van der Waals surface area contributed by atoms with Crippen LogP contribution >= 0.6 is 22.9 Å². The highest BCUT2D eigenvalue weighted by Crippen LogP contribution is 2.29. The van der Waals surface area contributed by atoms with Crippen molar-refractivity contribution >= 4 is 22.9 Å². The molecule has 3 heteroatoms. The Labute approximate surface area is 86.0 Å². The van der Waals surface area contributed by atoms with Crippen molar-refractivity contribution in [2.75, 3.05) is 0 Å². The number of pyridine rings is 1. The third-order valence-corrected chi connectivity index (χ3v) is 2.97. The van der Waals surface area contributed by atoms with E-state index in [-0.39, 0.29) is 0 Å². The summed E-state index contributed by atoms with van der Waals surface area (Å²) in [5.74, 6) is 0. The molecule has 2 heterocycles. The van der Waals surface area contributed by atoms with E-state index in [1.54, 1.807) is 11.3 Å². The molecule has 66 valence electrons. The average Bonchev–Trinajstić information content (AvgIpc) is 2.52. The van der Waals surface area contributed by atoms with Crippen molar-refractivity contribution in [3.63, 3.8) is 0 Å². The molecule has 0 aliphatic carbocycles. The third kappa shape index (κ3) is 1.90. The van der Waals surface area contributed by atoms with Crippen LogP contribution in [-0.4, -0.2) is 4.98 Å². The first-order valence-electron chi connectivity index (χ1n) is 3.95. The fraction of sp³-hybridized carbons (Fsp3) is 0.100. The zero-order chi connectivity index (χ0) is 9.26. The number of halogens is 1. The Bertz CT molecular complexity index is 422. The molecule has 0 saturated heterocycles. The van der Waals surface area contributed by atoms with Gasteiger partial charge in [-0.25, -0.2) is 0 Å². The highest BCUT2D eigenvalue weighted by Gasteiger charge is 2.01. The topological polar surface area (TPSA) is 12.9 Å². The Kier molecular flexibility index (Phi) is 2.34. The molecule has 0 saturated carbocycles. The van der Waals surface area contributed by atoms with Gasteiger partial charge in [0.2, 0.25) is 0 Å². The van der Waals surface area contributed by atoms with Gasteiger partial charge in [0.05, 0.1) is 14.9 Å². The monoisotopic (exact) mass is 209 g/mol. The molecule has 2 aromatic heterocycles. The van der Waals surface area contributed by atoms with Crippen molar-refractivity contribution < 1.29 is 0 Å². The fourth-order valence-electron chi connectivity index (χ4n) is 1.13. The molecule has 0 N–H and O–H groups in total. The zero-order valence-electron chi connectivity index (χ0n) is 7.12. The van der Waals surface area contributed by atoms with Crippen LogP contribution in [0.1, 0.15) is 5.69 Å².